The van der Waals surface area contributed by atoms with Crippen molar-refractivity contribution in [1.29, 1.82) is 0 Å². The fourth-order valence-corrected chi connectivity index (χ4v) is 1.53. The van der Waals surface area contributed by atoms with Crippen molar-refractivity contribution in [2.24, 2.45) is 0 Å². The summed E-state index contributed by atoms with van der Waals surface area (Å²) in [4.78, 5) is 0. The van der Waals surface area contributed by atoms with Crippen LogP contribution in [0.1, 0.15) is 12.0 Å². The molecule has 13 heavy (non-hydrogen) atoms. The molecule has 0 spiro atoms. The smallest absolute Gasteiger partial charge is 0.159 e. The molecule has 0 saturated carbocycles. The van der Waals surface area contributed by atoms with Gasteiger partial charge in [0.1, 0.15) is 0 Å². The van der Waals surface area contributed by atoms with E-state index in [9.17, 15) is 8.78 Å². The molecule has 1 saturated heterocycles. The summed E-state index contributed by atoms with van der Waals surface area (Å²) in [5.74, 6) is -0.397. The van der Waals surface area contributed by atoms with Crippen LogP contribution in [0.4, 0.5) is 8.78 Å². The lowest BCUT2D eigenvalue weighted by atomic mass is 9.98. The van der Waals surface area contributed by atoms with Crippen LogP contribution in [-0.4, -0.2) is 13.1 Å². The third kappa shape index (κ3) is 1.70. The van der Waals surface area contributed by atoms with E-state index in [0.29, 0.717) is 0 Å². The highest BCUT2D eigenvalue weighted by atomic mass is 19.2. The molecule has 3 heteroatoms. The van der Waals surface area contributed by atoms with E-state index >= 15 is 0 Å². The zero-order valence-corrected chi connectivity index (χ0v) is 7.11. The number of halogens is 2. The molecule has 0 amide bonds. The number of hydrogen-bond acceptors (Lipinski definition) is 1. The highest BCUT2D eigenvalue weighted by molar-refractivity contribution is 5.33. The predicted molar refractivity (Wildman–Crippen MR) is 46.2 cm³/mol. The van der Waals surface area contributed by atoms with Gasteiger partial charge in [-0.25, -0.2) is 8.78 Å². The lowest BCUT2D eigenvalue weighted by Crippen LogP contribution is -2.08. The van der Waals surface area contributed by atoms with Crippen LogP contribution in [0.5, 0.6) is 0 Å². The molecule has 1 aliphatic heterocycles. The average Bonchev–Trinajstić information content (AvgIpc) is 2.62. The zero-order valence-electron chi connectivity index (χ0n) is 7.11. The van der Waals surface area contributed by atoms with E-state index in [4.69, 9.17) is 0 Å². The van der Waals surface area contributed by atoms with Gasteiger partial charge in [-0.05, 0) is 30.7 Å². The van der Waals surface area contributed by atoms with Gasteiger partial charge in [0.25, 0.3) is 0 Å². The van der Waals surface area contributed by atoms with Gasteiger partial charge >= 0.3 is 0 Å². The lowest BCUT2D eigenvalue weighted by Gasteiger charge is -2.07. The van der Waals surface area contributed by atoms with Gasteiger partial charge in [0.2, 0.25) is 0 Å². The molecule has 1 aromatic carbocycles. The topological polar surface area (TPSA) is 12.0 Å². The minimum absolute atomic E-state index is 0.767. The molecule has 1 fully saturated rings. The van der Waals surface area contributed by atoms with Crippen molar-refractivity contribution < 1.29 is 8.78 Å². The minimum atomic E-state index is -0.782. The highest BCUT2D eigenvalue weighted by Gasteiger charge is 2.18. The third-order valence-electron chi connectivity index (χ3n) is 2.27. The van der Waals surface area contributed by atoms with Crippen molar-refractivity contribution in [3.63, 3.8) is 0 Å². The van der Waals surface area contributed by atoms with Crippen LogP contribution in [0, 0.1) is 17.6 Å². The van der Waals surface area contributed by atoms with E-state index < -0.39 is 11.6 Å². The van der Waals surface area contributed by atoms with Crippen LogP contribution in [-0.2, 0) is 0 Å². The maximum absolute atomic E-state index is 12.8. The number of benzene rings is 1. The molecular weight excluding hydrogens is 172 g/mol. The van der Waals surface area contributed by atoms with Crippen molar-refractivity contribution in [2.75, 3.05) is 13.1 Å². The van der Waals surface area contributed by atoms with Crippen molar-refractivity contribution >= 4 is 0 Å². The fraction of sp³-hybridized carbons (Fsp3) is 0.300. The summed E-state index contributed by atoms with van der Waals surface area (Å²) < 4.78 is 25.4. The van der Waals surface area contributed by atoms with Crippen LogP contribution in [0.15, 0.2) is 18.2 Å². The highest BCUT2D eigenvalue weighted by Crippen LogP contribution is 2.22. The second-order valence-corrected chi connectivity index (χ2v) is 3.16. The summed E-state index contributed by atoms with van der Waals surface area (Å²) in [5.41, 5.74) is 0.809. The van der Waals surface area contributed by atoms with E-state index in [2.05, 4.69) is 5.32 Å². The summed E-state index contributed by atoms with van der Waals surface area (Å²) >= 11 is 0. The van der Waals surface area contributed by atoms with Gasteiger partial charge < -0.3 is 5.32 Å². The molecule has 0 aliphatic carbocycles. The first-order valence-electron chi connectivity index (χ1n) is 4.28. The van der Waals surface area contributed by atoms with Crippen molar-refractivity contribution in [2.45, 2.75) is 6.42 Å². The second kappa shape index (κ2) is 3.42. The molecule has 0 bridgehead atoms. The first-order valence-corrected chi connectivity index (χ1v) is 4.28. The molecule has 1 N–H and O–H groups in total. The second-order valence-electron chi connectivity index (χ2n) is 3.16. The fourth-order valence-electron chi connectivity index (χ4n) is 1.53. The van der Waals surface area contributed by atoms with E-state index in [-0.39, 0.29) is 0 Å². The van der Waals surface area contributed by atoms with E-state index in [0.717, 1.165) is 31.0 Å². The Morgan fingerprint density at radius 1 is 1.15 bits per heavy atom. The van der Waals surface area contributed by atoms with Gasteiger partial charge in [0.05, 0.1) is 0 Å². The van der Waals surface area contributed by atoms with Gasteiger partial charge in [-0.2, -0.15) is 0 Å². The maximum atomic E-state index is 12.8. The van der Waals surface area contributed by atoms with Crippen molar-refractivity contribution in [3.05, 3.63) is 41.3 Å². The first-order chi connectivity index (χ1) is 6.27. The minimum Gasteiger partial charge on any atom is -0.316 e. The predicted octanol–water partition coefficient (Wildman–Crippen LogP) is 1.88. The Kier molecular flexibility index (Phi) is 2.27. The number of nitrogens with one attached hydrogen (secondary N) is 1. The molecule has 69 valence electrons. The molecule has 0 unspecified atom stereocenters. The summed E-state index contributed by atoms with van der Waals surface area (Å²) in [7, 11) is 0. The molecule has 0 aromatic heterocycles. The van der Waals surface area contributed by atoms with Crippen LogP contribution < -0.4 is 5.32 Å². The molecule has 1 heterocycles. The molecule has 2 rings (SSSR count). The van der Waals surface area contributed by atoms with Gasteiger partial charge in [-0.1, -0.05) is 6.07 Å². The Balaban J connectivity index is 2.25. The molecular formula is C10H10F2N. The molecule has 1 nitrogen and oxygen atoms in total. The quantitative estimate of drug-likeness (QED) is 0.699. The van der Waals surface area contributed by atoms with Gasteiger partial charge in [0, 0.05) is 12.5 Å². The first kappa shape index (κ1) is 8.63. The van der Waals surface area contributed by atoms with E-state index in [1.807, 2.05) is 0 Å². The molecule has 0 atom stereocenters. The van der Waals surface area contributed by atoms with Crippen LogP contribution in [0.25, 0.3) is 0 Å². The summed E-state index contributed by atoms with van der Waals surface area (Å²) in [5, 5.41) is 3.15. The van der Waals surface area contributed by atoms with Crippen LogP contribution in [0.3, 0.4) is 0 Å². The number of rotatable bonds is 1. The van der Waals surface area contributed by atoms with Gasteiger partial charge in [-0.3, -0.25) is 0 Å². The van der Waals surface area contributed by atoms with Crippen LogP contribution in [0.2, 0.25) is 0 Å². The lowest BCUT2D eigenvalue weighted by molar-refractivity contribution is 0.507. The van der Waals surface area contributed by atoms with E-state index in [1.54, 1.807) is 6.07 Å². The van der Waals surface area contributed by atoms with Gasteiger partial charge in [-0.15, -0.1) is 0 Å². The van der Waals surface area contributed by atoms with Crippen molar-refractivity contribution in [3.8, 4) is 0 Å². The average molecular weight is 182 g/mol. The van der Waals surface area contributed by atoms with Crippen molar-refractivity contribution in [1.82, 2.24) is 5.32 Å². The summed E-state index contributed by atoms with van der Waals surface area (Å²) in [6.45, 7) is 1.71. The number of hydrogen-bond donors (Lipinski definition) is 1. The SMILES string of the molecule is Fc1ccc([C]2CCNC2)cc1F. The Morgan fingerprint density at radius 3 is 2.62 bits per heavy atom. The Morgan fingerprint density at radius 2 is 2.00 bits per heavy atom. The standard InChI is InChI=1S/C10H10F2N/c11-9-2-1-7(5-10(9)12)8-3-4-13-6-8/h1-2,5,13H,3-4,6H2. The van der Waals surface area contributed by atoms with Gasteiger partial charge in [0.15, 0.2) is 11.6 Å². The molecule has 1 radical (unpaired) electrons. The normalized spacial score (nSPS) is 18.0. The largest absolute Gasteiger partial charge is 0.316 e. The van der Waals surface area contributed by atoms with Crippen LogP contribution >= 0.6 is 0 Å². The Bertz CT molecular complexity index is 306. The maximum Gasteiger partial charge on any atom is 0.159 e. The zero-order chi connectivity index (χ0) is 9.26. The van der Waals surface area contributed by atoms with E-state index in [1.165, 1.54) is 12.1 Å². The summed E-state index contributed by atoms with van der Waals surface area (Å²) in [6, 6.07) is 4.06. The molecule has 1 aliphatic rings. The molecule has 1 aromatic rings. The monoisotopic (exact) mass is 182 g/mol. The Labute approximate surface area is 75.8 Å². The summed E-state index contributed by atoms with van der Waals surface area (Å²) in [6.07, 6.45) is 0.922. The third-order valence-corrected chi connectivity index (χ3v) is 2.27. The Hall–Kier alpha value is -0.960.